The van der Waals surface area contributed by atoms with Gasteiger partial charge in [0.15, 0.2) is 0 Å². The zero-order valence-corrected chi connectivity index (χ0v) is 20.0. The van der Waals surface area contributed by atoms with Gasteiger partial charge in [-0.25, -0.2) is 0 Å². The first-order valence-electron chi connectivity index (χ1n) is 12.4. The molecule has 168 valence electrons. The van der Waals surface area contributed by atoms with Crippen molar-refractivity contribution in [1.29, 1.82) is 0 Å². The average molecular weight is 420 g/mol. The van der Waals surface area contributed by atoms with Crippen LogP contribution in [0.2, 0.25) is 0 Å². The third-order valence-electron chi connectivity index (χ3n) is 7.72. The van der Waals surface area contributed by atoms with Gasteiger partial charge in [0.1, 0.15) is 0 Å². The highest BCUT2D eigenvalue weighted by atomic mass is 15.3. The third-order valence-corrected chi connectivity index (χ3v) is 7.72. The van der Waals surface area contributed by atoms with E-state index in [1.807, 2.05) is 0 Å². The molecule has 2 fully saturated rings. The second-order valence-corrected chi connectivity index (χ2v) is 10.2. The second-order valence-electron chi connectivity index (χ2n) is 10.2. The number of nitrogens with one attached hydrogen (secondary N) is 1. The van der Waals surface area contributed by atoms with Gasteiger partial charge in [0.25, 0.3) is 0 Å². The molecule has 0 radical (unpaired) electrons. The highest BCUT2D eigenvalue weighted by Crippen LogP contribution is 2.41. The smallest absolute Gasteiger partial charge is 0.0483 e. The molecule has 2 unspecified atom stereocenters. The number of benzene rings is 2. The lowest BCUT2D eigenvalue weighted by Gasteiger charge is -2.53. The van der Waals surface area contributed by atoms with Gasteiger partial charge in [0.05, 0.1) is 0 Å². The molecule has 2 aromatic rings. The van der Waals surface area contributed by atoms with Gasteiger partial charge in [0.2, 0.25) is 0 Å². The van der Waals surface area contributed by atoms with Crippen LogP contribution in [0.15, 0.2) is 54.6 Å². The molecule has 0 amide bonds. The molecule has 0 saturated carbocycles. The van der Waals surface area contributed by atoms with Gasteiger partial charge in [-0.1, -0.05) is 61.0 Å². The number of fused-ring (bicyclic) bond motifs is 1. The highest BCUT2D eigenvalue weighted by molar-refractivity contribution is 5.63. The summed E-state index contributed by atoms with van der Waals surface area (Å²) in [5, 5.41) is 3.81. The molecule has 0 aliphatic carbocycles. The van der Waals surface area contributed by atoms with Gasteiger partial charge < -0.3 is 5.32 Å². The lowest BCUT2D eigenvalue weighted by atomic mass is 9.67. The van der Waals surface area contributed by atoms with Gasteiger partial charge in [0, 0.05) is 36.8 Å². The third kappa shape index (κ3) is 4.74. The minimum Gasteiger partial charge on any atom is -0.303 e. The quantitative estimate of drug-likeness (QED) is 0.638. The summed E-state index contributed by atoms with van der Waals surface area (Å²) in [6.45, 7) is 13.9. The average Bonchev–Trinajstić information content (AvgIpc) is 2.79. The zero-order chi connectivity index (χ0) is 21.8. The number of piperidine rings is 1. The van der Waals surface area contributed by atoms with E-state index in [0.29, 0.717) is 18.1 Å². The fraction of sp³-hybridized carbons (Fsp3) is 0.571. The molecule has 1 N–H and O–H groups in total. The van der Waals surface area contributed by atoms with Crippen molar-refractivity contribution in [1.82, 2.24) is 15.1 Å². The van der Waals surface area contributed by atoms with Crippen molar-refractivity contribution in [2.24, 2.45) is 0 Å². The van der Waals surface area contributed by atoms with E-state index in [1.54, 1.807) is 0 Å². The number of hydrogen-bond donors (Lipinski definition) is 1. The zero-order valence-electron chi connectivity index (χ0n) is 20.0. The van der Waals surface area contributed by atoms with Crippen LogP contribution < -0.4 is 5.32 Å². The van der Waals surface area contributed by atoms with Gasteiger partial charge >= 0.3 is 0 Å². The Balaban J connectivity index is 1.67. The minimum atomic E-state index is 0.177. The van der Waals surface area contributed by atoms with E-state index in [9.17, 15) is 0 Å². The van der Waals surface area contributed by atoms with E-state index in [1.165, 1.54) is 48.9 Å². The second kappa shape index (κ2) is 9.85. The molecule has 2 aliphatic rings. The van der Waals surface area contributed by atoms with Gasteiger partial charge in [-0.3, -0.25) is 9.80 Å². The van der Waals surface area contributed by atoms with Crippen LogP contribution in [-0.2, 0) is 5.41 Å². The topological polar surface area (TPSA) is 18.5 Å². The van der Waals surface area contributed by atoms with Crippen molar-refractivity contribution >= 4 is 0 Å². The molecule has 0 spiro atoms. The molecule has 2 aromatic carbocycles. The fourth-order valence-corrected chi connectivity index (χ4v) is 6.11. The summed E-state index contributed by atoms with van der Waals surface area (Å²) in [6.07, 6.45) is 5.24. The monoisotopic (exact) mass is 419 g/mol. The van der Waals surface area contributed by atoms with Crippen LogP contribution in [0.4, 0.5) is 0 Å². The van der Waals surface area contributed by atoms with E-state index in [-0.39, 0.29) is 5.41 Å². The summed E-state index contributed by atoms with van der Waals surface area (Å²) in [5.74, 6) is 0. The normalized spacial score (nSPS) is 24.7. The van der Waals surface area contributed by atoms with Crippen LogP contribution in [-0.4, -0.2) is 54.2 Å². The van der Waals surface area contributed by atoms with Crippen LogP contribution >= 0.6 is 0 Å². The van der Waals surface area contributed by atoms with Crippen LogP contribution in [0.25, 0.3) is 11.1 Å². The summed E-state index contributed by atoms with van der Waals surface area (Å²) in [5.41, 5.74) is 4.31. The highest BCUT2D eigenvalue weighted by Gasteiger charge is 2.46. The van der Waals surface area contributed by atoms with E-state index < -0.39 is 0 Å². The molecular weight excluding hydrogens is 378 g/mol. The Morgan fingerprint density at radius 1 is 0.935 bits per heavy atom. The first kappa shape index (κ1) is 22.5. The maximum Gasteiger partial charge on any atom is 0.0483 e. The van der Waals surface area contributed by atoms with Crippen LogP contribution in [0.3, 0.4) is 0 Å². The molecule has 0 aromatic heterocycles. The first-order chi connectivity index (χ1) is 15.0. The molecule has 31 heavy (non-hydrogen) atoms. The van der Waals surface area contributed by atoms with E-state index in [0.717, 1.165) is 19.8 Å². The SMILES string of the molecule is CC(C)N(CCC1(c2ccc(-c3ccccc3)cc2)CNCN2CCCCC21)C(C)C. The lowest BCUT2D eigenvalue weighted by Crippen LogP contribution is -2.64. The molecule has 0 bridgehead atoms. The van der Waals surface area contributed by atoms with Crippen LogP contribution in [0, 0.1) is 0 Å². The molecule has 3 heteroatoms. The molecule has 4 rings (SSSR count). The number of rotatable bonds is 7. The predicted octanol–water partition coefficient (Wildman–Crippen LogP) is 5.52. The molecule has 2 atom stereocenters. The number of nitrogens with zero attached hydrogens (tertiary/aromatic N) is 2. The van der Waals surface area contributed by atoms with Crippen molar-refractivity contribution in [3.8, 4) is 11.1 Å². The Morgan fingerprint density at radius 3 is 2.29 bits per heavy atom. The summed E-state index contributed by atoms with van der Waals surface area (Å²) in [6, 6.07) is 22.1. The summed E-state index contributed by atoms with van der Waals surface area (Å²) < 4.78 is 0. The van der Waals surface area contributed by atoms with Crippen molar-refractivity contribution < 1.29 is 0 Å². The Bertz CT molecular complexity index is 804. The maximum absolute atomic E-state index is 3.81. The predicted molar refractivity (Wildman–Crippen MR) is 132 cm³/mol. The lowest BCUT2D eigenvalue weighted by molar-refractivity contribution is 0.0197. The molecule has 2 aliphatic heterocycles. The summed E-state index contributed by atoms with van der Waals surface area (Å²) in [4.78, 5) is 5.40. The van der Waals surface area contributed by atoms with Crippen molar-refractivity contribution in [3.05, 3.63) is 60.2 Å². The first-order valence-corrected chi connectivity index (χ1v) is 12.4. The van der Waals surface area contributed by atoms with Gasteiger partial charge in [-0.2, -0.15) is 0 Å². The largest absolute Gasteiger partial charge is 0.303 e. The fourth-order valence-electron chi connectivity index (χ4n) is 6.11. The van der Waals surface area contributed by atoms with E-state index in [2.05, 4.69) is 97.4 Å². The Kier molecular flexibility index (Phi) is 7.15. The Labute approximate surface area is 189 Å². The van der Waals surface area contributed by atoms with E-state index in [4.69, 9.17) is 0 Å². The molecule has 2 saturated heterocycles. The van der Waals surface area contributed by atoms with Crippen molar-refractivity contribution in [2.45, 2.75) is 76.9 Å². The molecule has 3 nitrogen and oxygen atoms in total. The van der Waals surface area contributed by atoms with Gasteiger partial charge in [-0.05, 0) is 76.7 Å². The van der Waals surface area contributed by atoms with Crippen molar-refractivity contribution in [3.63, 3.8) is 0 Å². The maximum atomic E-state index is 3.81. The van der Waals surface area contributed by atoms with Crippen LogP contribution in [0.5, 0.6) is 0 Å². The number of hydrogen-bond acceptors (Lipinski definition) is 3. The minimum absolute atomic E-state index is 0.177. The standard InChI is InChI=1S/C28H41N3/c1-22(2)31(23(3)4)19-17-28(20-29-21-30-18-9-8-12-27(28)30)26-15-13-25(14-16-26)24-10-6-5-7-11-24/h5-7,10-11,13-16,22-23,27,29H,8-9,12,17-21H2,1-4H3. The Morgan fingerprint density at radius 2 is 1.61 bits per heavy atom. The Hall–Kier alpha value is -1.68. The summed E-state index contributed by atoms with van der Waals surface area (Å²) in [7, 11) is 0. The van der Waals surface area contributed by atoms with E-state index >= 15 is 0 Å². The summed E-state index contributed by atoms with van der Waals surface area (Å²) >= 11 is 0. The van der Waals surface area contributed by atoms with Crippen LogP contribution in [0.1, 0.15) is 58.9 Å². The molecular formula is C28H41N3. The van der Waals surface area contributed by atoms with Gasteiger partial charge in [-0.15, -0.1) is 0 Å². The molecule has 2 heterocycles. The van der Waals surface area contributed by atoms with Crippen molar-refractivity contribution in [2.75, 3.05) is 26.3 Å².